The van der Waals surface area contributed by atoms with E-state index in [1.807, 2.05) is 24.3 Å². The van der Waals surface area contributed by atoms with E-state index >= 15 is 0 Å². The molecule has 4 nitrogen and oxygen atoms in total. The molecule has 1 aromatic carbocycles. The van der Waals surface area contributed by atoms with E-state index in [2.05, 4.69) is 17.7 Å². The molecule has 28 heavy (non-hydrogen) atoms. The number of nitrogens with zero attached hydrogens (tertiary/aromatic N) is 1. The molecule has 0 unspecified atom stereocenters. The van der Waals surface area contributed by atoms with Crippen LogP contribution >= 0.6 is 0 Å². The summed E-state index contributed by atoms with van der Waals surface area (Å²) in [6, 6.07) is 7.78. The number of anilines is 1. The third-order valence-electron chi connectivity index (χ3n) is 6.54. The second-order valence-electron chi connectivity index (χ2n) is 8.91. The van der Waals surface area contributed by atoms with Crippen LogP contribution in [-0.4, -0.2) is 45.3 Å². The first-order chi connectivity index (χ1) is 13.4. The molecule has 3 aliphatic heterocycles. The molecule has 0 radical (unpaired) electrons. The van der Waals surface area contributed by atoms with Crippen molar-refractivity contribution in [2.75, 3.05) is 37.2 Å². The van der Waals surface area contributed by atoms with Crippen LogP contribution in [0, 0.1) is 5.92 Å². The highest BCUT2D eigenvalue weighted by molar-refractivity contribution is 7.92. The van der Waals surface area contributed by atoms with Crippen molar-refractivity contribution in [3.05, 3.63) is 41.5 Å². The summed E-state index contributed by atoms with van der Waals surface area (Å²) in [5, 5.41) is 0. The number of hydrogen-bond donors (Lipinski definition) is 1. The summed E-state index contributed by atoms with van der Waals surface area (Å²) in [5.74, 6) is 0.797. The first-order valence-electron chi connectivity index (χ1n) is 11.0. The lowest BCUT2D eigenvalue weighted by molar-refractivity contribution is -0.936. The fraction of sp³-hybridized carbons (Fsp3) is 0.652. The fourth-order valence-corrected chi connectivity index (χ4v) is 5.48. The monoisotopic (exact) mass is 405 g/mol. The van der Waals surface area contributed by atoms with Crippen molar-refractivity contribution in [1.82, 2.24) is 0 Å². The predicted molar refractivity (Wildman–Crippen MR) is 118 cm³/mol. The van der Waals surface area contributed by atoms with E-state index in [-0.39, 0.29) is 0 Å². The van der Waals surface area contributed by atoms with Crippen LogP contribution in [0.3, 0.4) is 0 Å². The molecule has 0 atom stereocenters. The largest absolute Gasteiger partial charge is 0.320 e. The molecule has 3 fully saturated rings. The number of fused-ring (bicyclic) bond motifs is 3. The second-order valence-corrected chi connectivity index (χ2v) is 10.7. The molecular weight excluding hydrogens is 368 g/mol. The van der Waals surface area contributed by atoms with Gasteiger partial charge in [-0.1, -0.05) is 44.4 Å². The lowest BCUT2D eigenvalue weighted by Crippen LogP contribution is -2.59. The number of benzene rings is 1. The standard InChI is InChI=1S/C23H37N2O2S/c1-3-4-5-6-7-16-25-17-14-21(15-18-25)22(19-25)11-8-20-9-12-23(13-10-20)24-28(2,26)27/h9-13,21,24H,3-8,14-19H2,1-2H3/q+1/b22-11+. The van der Waals surface area contributed by atoms with Gasteiger partial charge in [0.2, 0.25) is 10.0 Å². The maximum absolute atomic E-state index is 11.3. The van der Waals surface area contributed by atoms with E-state index in [1.165, 1.54) is 87.4 Å². The van der Waals surface area contributed by atoms with Crippen LogP contribution in [0.4, 0.5) is 5.69 Å². The van der Waals surface area contributed by atoms with E-state index in [9.17, 15) is 8.42 Å². The Morgan fingerprint density at radius 2 is 1.75 bits per heavy atom. The lowest BCUT2D eigenvalue weighted by atomic mass is 9.80. The topological polar surface area (TPSA) is 46.2 Å². The normalized spacial score (nSPS) is 25.9. The van der Waals surface area contributed by atoms with Gasteiger partial charge >= 0.3 is 0 Å². The van der Waals surface area contributed by atoms with Crippen molar-refractivity contribution in [1.29, 1.82) is 0 Å². The van der Waals surface area contributed by atoms with Crippen LogP contribution in [0.2, 0.25) is 0 Å². The summed E-state index contributed by atoms with van der Waals surface area (Å²) in [4.78, 5) is 0. The Labute approximate surface area is 171 Å². The van der Waals surface area contributed by atoms with Crippen LogP contribution < -0.4 is 4.72 Å². The molecule has 0 aliphatic carbocycles. The van der Waals surface area contributed by atoms with E-state index in [0.29, 0.717) is 5.69 Å². The minimum absolute atomic E-state index is 0.634. The number of piperidine rings is 3. The molecule has 0 saturated carbocycles. The number of rotatable bonds is 10. The van der Waals surface area contributed by atoms with Crippen molar-refractivity contribution in [3.63, 3.8) is 0 Å². The Balaban J connectivity index is 1.55. The average Bonchev–Trinajstić information content (AvgIpc) is 2.67. The summed E-state index contributed by atoms with van der Waals surface area (Å²) in [6.45, 7) is 7.65. The van der Waals surface area contributed by atoms with Gasteiger partial charge in [0.05, 0.1) is 25.9 Å². The number of nitrogens with one attached hydrogen (secondary N) is 1. The molecule has 3 aliphatic rings. The molecule has 2 bridgehead atoms. The van der Waals surface area contributed by atoms with Gasteiger partial charge in [-0.25, -0.2) is 8.42 Å². The Kier molecular flexibility index (Phi) is 7.21. The van der Waals surface area contributed by atoms with Gasteiger partial charge < -0.3 is 4.48 Å². The van der Waals surface area contributed by atoms with Crippen molar-refractivity contribution in [2.45, 2.75) is 58.3 Å². The maximum Gasteiger partial charge on any atom is 0.229 e. The van der Waals surface area contributed by atoms with Gasteiger partial charge in [-0.2, -0.15) is 0 Å². The molecule has 1 N–H and O–H groups in total. The zero-order chi connectivity index (χ0) is 20.0. The number of sulfonamides is 1. The molecule has 4 rings (SSSR count). The van der Waals surface area contributed by atoms with E-state index < -0.39 is 10.0 Å². The zero-order valence-corrected chi connectivity index (χ0v) is 18.4. The van der Waals surface area contributed by atoms with Gasteiger partial charge in [0.1, 0.15) is 6.54 Å². The molecule has 0 aromatic heterocycles. The number of hydrogen-bond acceptors (Lipinski definition) is 2. The molecular formula is C23H37N2O2S+. The van der Waals surface area contributed by atoms with Crippen LogP contribution in [0.15, 0.2) is 35.9 Å². The summed E-state index contributed by atoms with van der Waals surface area (Å²) in [5.41, 5.74) is 3.55. The van der Waals surface area contributed by atoms with Gasteiger partial charge in [-0.05, 0) is 48.4 Å². The third kappa shape index (κ3) is 6.08. The van der Waals surface area contributed by atoms with Gasteiger partial charge in [0.15, 0.2) is 0 Å². The highest BCUT2D eigenvalue weighted by Gasteiger charge is 2.41. The van der Waals surface area contributed by atoms with Gasteiger partial charge in [0, 0.05) is 18.5 Å². The summed E-state index contributed by atoms with van der Waals surface area (Å²) < 4.78 is 26.5. The van der Waals surface area contributed by atoms with Crippen LogP contribution in [0.5, 0.6) is 0 Å². The van der Waals surface area contributed by atoms with E-state index in [0.717, 1.165) is 12.3 Å². The summed E-state index contributed by atoms with van der Waals surface area (Å²) in [6.07, 6.45) is 14.2. The minimum atomic E-state index is -3.21. The SMILES string of the molecule is CCCCCCC[N+]12CCC(CC1)/C(=C/Cc1ccc(NS(C)(=O)=O)cc1)C2. The third-order valence-corrected chi connectivity index (χ3v) is 7.15. The van der Waals surface area contributed by atoms with Crippen molar-refractivity contribution in [3.8, 4) is 0 Å². The van der Waals surface area contributed by atoms with Gasteiger partial charge in [0.25, 0.3) is 0 Å². The molecule has 0 amide bonds. The molecule has 3 heterocycles. The molecule has 3 saturated heterocycles. The zero-order valence-electron chi connectivity index (χ0n) is 17.6. The predicted octanol–water partition coefficient (Wildman–Crippen LogP) is 4.74. The fourth-order valence-electron chi connectivity index (χ4n) is 4.92. The van der Waals surface area contributed by atoms with E-state index in [4.69, 9.17) is 0 Å². The smallest absolute Gasteiger partial charge is 0.229 e. The van der Waals surface area contributed by atoms with Crippen LogP contribution in [0.1, 0.15) is 57.4 Å². The van der Waals surface area contributed by atoms with Crippen molar-refractivity contribution < 1.29 is 12.9 Å². The first kappa shape index (κ1) is 21.4. The Hall–Kier alpha value is -1.33. The number of quaternary nitrogens is 1. The Morgan fingerprint density at radius 3 is 2.39 bits per heavy atom. The summed E-state index contributed by atoms with van der Waals surface area (Å²) in [7, 11) is -3.21. The number of unbranched alkanes of at least 4 members (excludes halogenated alkanes) is 4. The number of allylic oxidation sites excluding steroid dienone is 1. The Morgan fingerprint density at radius 1 is 1.07 bits per heavy atom. The highest BCUT2D eigenvalue weighted by atomic mass is 32.2. The quantitative estimate of drug-likeness (QED) is 0.347. The summed E-state index contributed by atoms with van der Waals surface area (Å²) >= 11 is 0. The second kappa shape index (κ2) is 9.45. The van der Waals surface area contributed by atoms with Gasteiger partial charge in [-0.15, -0.1) is 0 Å². The minimum Gasteiger partial charge on any atom is -0.320 e. The molecule has 0 spiro atoms. The van der Waals surface area contributed by atoms with E-state index in [1.54, 1.807) is 5.57 Å². The van der Waals surface area contributed by atoms with Crippen LogP contribution in [-0.2, 0) is 16.4 Å². The van der Waals surface area contributed by atoms with Gasteiger partial charge in [-0.3, -0.25) is 4.72 Å². The molecule has 156 valence electrons. The van der Waals surface area contributed by atoms with Crippen LogP contribution in [0.25, 0.3) is 0 Å². The lowest BCUT2D eigenvalue weighted by Gasteiger charge is -2.50. The highest BCUT2D eigenvalue weighted by Crippen LogP contribution is 2.38. The van der Waals surface area contributed by atoms with Crippen molar-refractivity contribution >= 4 is 15.7 Å². The average molecular weight is 406 g/mol. The first-order valence-corrected chi connectivity index (χ1v) is 12.9. The maximum atomic E-state index is 11.3. The Bertz CT molecular complexity index is 760. The molecule has 1 aromatic rings. The molecule has 5 heteroatoms. The van der Waals surface area contributed by atoms with Crippen molar-refractivity contribution in [2.24, 2.45) is 5.92 Å².